The molecule has 1 aliphatic heterocycles. The highest BCUT2D eigenvalue weighted by molar-refractivity contribution is 6.99. The number of ether oxygens (including phenoxy) is 2. The molecule has 1 heterocycles. The van der Waals surface area contributed by atoms with Gasteiger partial charge in [-0.2, -0.15) is 0 Å². The summed E-state index contributed by atoms with van der Waals surface area (Å²) in [6.07, 6.45) is -0.0456. The van der Waals surface area contributed by atoms with Crippen LogP contribution < -0.4 is 10.4 Å². The summed E-state index contributed by atoms with van der Waals surface area (Å²) in [5.41, 5.74) is 0. The molecule has 1 aliphatic rings. The summed E-state index contributed by atoms with van der Waals surface area (Å²) in [5, 5.41) is 13.3. The van der Waals surface area contributed by atoms with E-state index in [0.717, 1.165) is 0 Å². The topological polar surface area (TPSA) is 47.9 Å². The van der Waals surface area contributed by atoms with Crippen molar-refractivity contribution >= 4 is 18.7 Å². The molecule has 3 atom stereocenters. The van der Waals surface area contributed by atoms with Crippen LogP contribution in [0.25, 0.3) is 0 Å². The number of hydrogen-bond acceptors (Lipinski definition) is 4. The molecule has 162 valence electrons. The van der Waals surface area contributed by atoms with Gasteiger partial charge in [-0.25, -0.2) is 0 Å². The van der Waals surface area contributed by atoms with Crippen LogP contribution in [-0.2, 0) is 13.9 Å². The van der Waals surface area contributed by atoms with Crippen LogP contribution >= 0.6 is 0 Å². The molecule has 2 aromatic carbocycles. The van der Waals surface area contributed by atoms with Crippen molar-refractivity contribution in [1.29, 1.82) is 0 Å². The third-order valence-corrected chi connectivity index (χ3v) is 10.7. The lowest BCUT2D eigenvalue weighted by atomic mass is 10.1. The molecule has 0 aliphatic carbocycles. The zero-order valence-electron chi connectivity index (χ0n) is 18.7. The number of benzene rings is 2. The van der Waals surface area contributed by atoms with Gasteiger partial charge in [0.25, 0.3) is 8.32 Å². The first kappa shape index (κ1) is 22.9. The zero-order chi connectivity index (χ0) is 22.0. The molecule has 2 aromatic rings. The molecule has 5 heteroatoms. The maximum absolute atomic E-state index is 11.1. The van der Waals surface area contributed by atoms with Crippen LogP contribution in [0.3, 0.4) is 0 Å². The molecule has 0 spiro atoms. The first-order valence-corrected chi connectivity index (χ1v) is 12.4. The van der Waals surface area contributed by atoms with E-state index in [1.807, 2.05) is 26.0 Å². The van der Waals surface area contributed by atoms with Gasteiger partial charge in [0.15, 0.2) is 5.79 Å². The Bertz CT molecular complexity index is 790. The van der Waals surface area contributed by atoms with E-state index in [9.17, 15) is 5.11 Å². The Morgan fingerprint density at radius 2 is 1.53 bits per heavy atom. The highest BCUT2D eigenvalue weighted by Crippen LogP contribution is 2.37. The fourth-order valence-corrected chi connectivity index (χ4v) is 8.94. The van der Waals surface area contributed by atoms with E-state index in [4.69, 9.17) is 13.9 Å². The molecule has 1 saturated heterocycles. The molecule has 0 bridgehead atoms. The van der Waals surface area contributed by atoms with Crippen LogP contribution in [0, 0.1) is 0 Å². The minimum absolute atomic E-state index is 0.153. The number of aliphatic hydroxyl groups excluding tert-OH is 1. The summed E-state index contributed by atoms with van der Waals surface area (Å²) in [6.45, 7) is 14.3. The monoisotopic (exact) mass is 426 g/mol. The molecule has 30 heavy (non-hydrogen) atoms. The fourth-order valence-electron chi connectivity index (χ4n) is 4.36. The Hall–Kier alpha value is -1.76. The van der Waals surface area contributed by atoms with E-state index in [0.29, 0.717) is 0 Å². The van der Waals surface area contributed by atoms with E-state index in [2.05, 4.69) is 75.9 Å². The molecule has 1 fully saturated rings. The molecule has 0 amide bonds. The summed E-state index contributed by atoms with van der Waals surface area (Å²) in [6, 6.07) is 20.8. The minimum atomic E-state index is -2.71. The lowest BCUT2D eigenvalue weighted by molar-refractivity contribution is -0.155. The second-order valence-corrected chi connectivity index (χ2v) is 13.6. The Balaban J connectivity index is 1.97. The lowest BCUT2D eigenvalue weighted by Gasteiger charge is -2.43. The third kappa shape index (κ3) is 4.46. The van der Waals surface area contributed by atoms with E-state index >= 15 is 0 Å². The summed E-state index contributed by atoms with van der Waals surface area (Å²) >= 11 is 0. The van der Waals surface area contributed by atoms with Crippen molar-refractivity contribution in [2.45, 2.75) is 63.8 Å². The van der Waals surface area contributed by atoms with Gasteiger partial charge in [0.1, 0.15) is 18.3 Å². The molecule has 0 saturated carbocycles. The quantitative estimate of drug-likeness (QED) is 0.543. The molecule has 1 N–H and O–H groups in total. The third-order valence-electron chi connectivity index (χ3n) is 5.66. The molecular weight excluding hydrogens is 392 g/mol. The van der Waals surface area contributed by atoms with E-state index in [1.54, 1.807) is 6.08 Å². The van der Waals surface area contributed by atoms with E-state index < -0.39 is 26.3 Å². The number of aliphatic hydroxyl groups is 1. The van der Waals surface area contributed by atoms with Gasteiger partial charge < -0.3 is 19.0 Å². The van der Waals surface area contributed by atoms with Crippen molar-refractivity contribution in [1.82, 2.24) is 0 Å². The standard InChI is InChI=1S/C25H34O4Si/c1-7-22-23(29-25(5,6)28-22)21(26)18-27-30(24(2,3)4,19-14-10-8-11-15-19)20-16-12-9-13-17-20/h7-17,21-23,26H,1,18H2,2-6H3/t21?,22-,23+/m0/s1. The Morgan fingerprint density at radius 3 is 1.97 bits per heavy atom. The zero-order valence-corrected chi connectivity index (χ0v) is 19.7. The predicted molar refractivity (Wildman–Crippen MR) is 124 cm³/mol. The second kappa shape index (κ2) is 8.77. The number of rotatable bonds is 7. The molecule has 4 nitrogen and oxygen atoms in total. The van der Waals surface area contributed by atoms with Gasteiger partial charge >= 0.3 is 0 Å². The Morgan fingerprint density at radius 1 is 1.03 bits per heavy atom. The van der Waals surface area contributed by atoms with Gasteiger partial charge in [0.05, 0.1) is 6.61 Å². The molecule has 1 unspecified atom stereocenters. The van der Waals surface area contributed by atoms with Crippen LogP contribution in [0.15, 0.2) is 73.3 Å². The van der Waals surface area contributed by atoms with Crippen LogP contribution in [0.4, 0.5) is 0 Å². The summed E-state index contributed by atoms with van der Waals surface area (Å²) in [5.74, 6) is -0.762. The predicted octanol–water partition coefficient (Wildman–Crippen LogP) is 3.63. The van der Waals surface area contributed by atoms with Crippen LogP contribution in [-0.4, -0.2) is 44.1 Å². The van der Waals surface area contributed by atoms with E-state index in [1.165, 1.54) is 10.4 Å². The first-order chi connectivity index (χ1) is 14.1. The van der Waals surface area contributed by atoms with Gasteiger partial charge in [0.2, 0.25) is 0 Å². The SMILES string of the molecule is C=C[C@@H]1OC(C)(C)O[C@@H]1C(O)CO[Si](c1ccccc1)(c1ccccc1)C(C)(C)C. The lowest BCUT2D eigenvalue weighted by Crippen LogP contribution is -2.67. The average molecular weight is 427 g/mol. The smallest absolute Gasteiger partial charge is 0.261 e. The Labute approximate surface area is 181 Å². The van der Waals surface area contributed by atoms with Crippen molar-refractivity contribution in [2.24, 2.45) is 0 Å². The van der Waals surface area contributed by atoms with Crippen molar-refractivity contribution in [3.63, 3.8) is 0 Å². The molecule has 3 rings (SSSR count). The summed E-state index contributed by atoms with van der Waals surface area (Å²) in [4.78, 5) is 0. The van der Waals surface area contributed by atoms with Gasteiger partial charge in [-0.3, -0.25) is 0 Å². The van der Waals surface area contributed by atoms with Gasteiger partial charge in [0, 0.05) is 0 Å². The maximum Gasteiger partial charge on any atom is 0.261 e. The van der Waals surface area contributed by atoms with Gasteiger partial charge in [-0.1, -0.05) is 87.5 Å². The number of hydrogen-bond donors (Lipinski definition) is 1. The van der Waals surface area contributed by atoms with Crippen LogP contribution in [0.2, 0.25) is 5.04 Å². The van der Waals surface area contributed by atoms with Crippen LogP contribution in [0.5, 0.6) is 0 Å². The molecule has 0 aromatic heterocycles. The average Bonchev–Trinajstić information content (AvgIpc) is 3.04. The van der Waals surface area contributed by atoms with E-state index in [-0.39, 0.29) is 17.7 Å². The Kier molecular flexibility index (Phi) is 6.70. The molecular formula is C25H34O4Si. The molecule has 0 radical (unpaired) electrons. The highest BCUT2D eigenvalue weighted by Gasteiger charge is 2.51. The summed E-state index contributed by atoms with van der Waals surface area (Å²) < 4.78 is 18.6. The second-order valence-electron chi connectivity index (χ2n) is 9.34. The first-order valence-electron chi connectivity index (χ1n) is 10.5. The van der Waals surface area contributed by atoms with Crippen LogP contribution in [0.1, 0.15) is 34.6 Å². The van der Waals surface area contributed by atoms with Crippen molar-refractivity contribution in [3.05, 3.63) is 73.3 Å². The summed E-state index contributed by atoms with van der Waals surface area (Å²) in [7, 11) is -2.71. The van der Waals surface area contributed by atoms with Crippen molar-refractivity contribution < 1.29 is 19.0 Å². The van der Waals surface area contributed by atoms with Gasteiger partial charge in [-0.15, -0.1) is 6.58 Å². The maximum atomic E-state index is 11.1. The minimum Gasteiger partial charge on any atom is -0.405 e. The normalized spacial score (nSPS) is 22.6. The van der Waals surface area contributed by atoms with Crippen molar-refractivity contribution in [3.8, 4) is 0 Å². The fraction of sp³-hybridized carbons (Fsp3) is 0.440. The largest absolute Gasteiger partial charge is 0.405 e. The van der Waals surface area contributed by atoms with Gasteiger partial charge in [-0.05, 0) is 29.3 Å². The highest BCUT2D eigenvalue weighted by atomic mass is 28.4. The van der Waals surface area contributed by atoms with Crippen molar-refractivity contribution in [2.75, 3.05) is 6.61 Å².